The Balaban J connectivity index is 1.55. The van der Waals surface area contributed by atoms with Crippen LogP contribution in [-0.2, 0) is 11.2 Å². The van der Waals surface area contributed by atoms with Crippen molar-refractivity contribution in [2.75, 3.05) is 24.8 Å². The largest absolute Gasteiger partial charge is 0.495 e. The molecule has 0 radical (unpaired) electrons. The molecule has 174 valence electrons. The van der Waals surface area contributed by atoms with Crippen LogP contribution in [0.25, 0.3) is 5.69 Å². The predicted molar refractivity (Wildman–Crippen MR) is 134 cm³/mol. The van der Waals surface area contributed by atoms with Crippen LogP contribution in [0.15, 0.2) is 84.0 Å². The van der Waals surface area contributed by atoms with E-state index in [0.717, 1.165) is 22.8 Å². The number of carbonyl (C=O) groups excluding carboxylic acids is 1. The number of nitrogens with one attached hydrogen (secondary N) is 1. The van der Waals surface area contributed by atoms with Crippen LogP contribution >= 0.6 is 11.8 Å². The van der Waals surface area contributed by atoms with Crippen molar-refractivity contribution in [1.82, 2.24) is 14.8 Å². The van der Waals surface area contributed by atoms with Gasteiger partial charge in [0.1, 0.15) is 17.3 Å². The maximum atomic E-state index is 12.7. The molecule has 1 aromatic heterocycles. The first kappa shape index (κ1) is 23.4. The molecule has 1 amide bonds. The smallest absolute Gasteiger partial charge is 0.234 e. The molecule has 7 nitrogen and oxygen atoms in total. The van der Waals surface area contributed by atoms with Gasteiger partial charge in [-0.15, -0.1) is 10.2 Å². The second kappa shape index (κ2) is 11.4. The van der Waals surface area contributed by atoms with E-state index in [0.29, 0.717) is 29.6 Å². The number of ether oxygens (including phenoxy) is 2. The Morgan fingerprint density at radius 3 is 2.44 bits per heavy atom. The summed E-state index contributed by atoms with van der Waals surface area (Å²) in [7, 11) is 1.58. The average molecular weight is 475 g/mol. The van der Waals surface area contributed by atoms with Crippen molar-refractivity contribution in [3.8, 4) is 17.2 Å². The molecule has 0 spiro atoms. The van der Waals surface area contributed by atoms with E-state index in [-0.39, 0.29) is 11.7 Å². The van der Waals surface area contributed by atoms with Gasteiger partial charge in [-0.1, -0.05) is 54.2 Å². The highest BCUT2D eigenvalue weighted by Gasteiger charge is 2.17. The van der Waals surface area contributed by atoms with Crippen LogP contribution in [0.2, 0.25) is 0 Å². The third-order valence-corrected chi connectivity index (χ3v) is 5.95. The summed E-state index contributed by atoms with van der Waals surface area (Å²) in [5.41, 5.74) is 2.67. The van der Waals surface area contributed by atoms with Gasteiger partial charge >= 0.3 is 0 Å². The summed E-state index contributed by atoms with van der Waals surface area (Å²) in [5, 5.41) is 12.4. The third kappa shape index (κ3) is 5.77. The van der Waals surface area contributed by atoms with Crippen molar-refractivity contribution in [3.63, 3.8) is 0 Å². The molecule has 4 rings (SSSR count). The normalized spacial score (nSPS) is 10.6. The van der Waals surface area contributed by atoms with E-state index in [1.165, 1.54) is 11.8 Å². The number of nitrogens with zero attached hydrogens (tertiary/aromatic N) is 3. The van der Waals surface area contributed by atoms with Gasteiger partial charge in [-0.25, -0.2) is 0 Å². The molecule has 0 aliphatic rings. The fourth-order valence-corrected chi connectivity index (χ4v) is 4.24. The third-order valence-electron chi connectivity index (χ3n) is 5.02. The Bertz CT molecular complexity index is 1230. The summed E-state index contributed by atoms with van der Waals surface area (Å²) in [4.78, 5) is 12.7. The minimum absolute atomic E-state index is 0.152. The lowest BCUT2D eigenvalue weighted by atomic mass is 10.1. The van der Waals surface area contributed by atoms with Gasteiger partial charge in [-0.05, 0) is 48.9 Å². The molecule has 1 N–H and O–H groups in total. The highest BCUT2D eigenvalue weighted by atomic mass is 32.2. The summed E-state index contributed by atoms with van der Waals surface area (Å²) >= 11 is 1.33. The molecular weight excluding hydrogens is 448 g/mol. The first-order valence-electron chi connectivity index (χ1n) is 10.9. The van der Waals surface area contributed by atoms with E-state index in [9.17, 15) is 4.79 Å². The van der Waals surface area contributed by atoms with Crippen LogP contribution in [0, 0.1) is 0 Å². The lowest BCUT2D eigenvalue weighted by Crippen LogP contribution is -2.15. The van der Waals surface area contributed by atoms with Crippen molar-refractivity contribution >= 4 is 23.4 Å². The number of benzene rings is 3. The van der Waals surface area contributed by atoms with Crippen LogP contribution in [-0.4, -0.2) is 40.1 Å². The Morgan fingerprint density at radius 1 is 0.971 bits per heavy atom. The zero-order valence-electron chi connectivity index (χ0n) is 19.1. The van der Waals surface area contributed by atoms with Crippen molar-refractivity contribution in [2.24, 2.45) is 0 Å². The van der Waals surface area contributed by atoms with Gasteiger partial charge in [0.25, 0.3) is 0 Å². The van der Waals surface area contributed by atoms with Crippen molar-refractivity contribution in [2.45, 2.75) is 18.5 Å². The Morgan fingerprint density at radius 2 is 1.71 bits per heavy atom. The van der Waals surface area contributed by atoms with Gasteiger partial charge in [0.15, 0.2) is 5.16 Å². The predicted octanol–water partition coefficient (Wildman–Crippen LogP) is 5.00. The summed E-state index contributed by atoms with van der Waals surface area (Å²) in [6.45, 7) is 2.56. The van der Waals surface area contributed by atoms with Gasteiger partial charge in [0.2, 0.25) is 5.91 Å². The van der Waals surface area contributed by atoms with Gasteiger partial charge in [0, 0.05) is 12.1 Å². The molecule has 0 bridgehead atoms. The van der Waals surface area contributed by atoms with Gasteiger partial charge < -0.3 is 14.8 Å². The topological polar surface area (TPSA) is 78.3 Å². The summed E-state index contributed by atoms with van der Waals surface area (Å²) < 4.78 is 12.9. The molecule has 0 saturated heterocycles. The molecule has 0 unspecified atom stereocenters. The number of rotatable bonds is 10. The lowest BCUT2D eigenvalue weighted by molar-refractivity contribution is -0.113. The molecule has 0 aliphatic heterocycles. The number of anilines is 1. The van der Waals surface area contributed by atoms with Crippen LogP contribution in [0.1, 0.15) is 18.3 Å². The van der Waals surface area contributed by atoms with E-state index in [4.69, 9.17) is 9.47 Å². The van der Waals surface area contributed by atoms with Crippen LogP contribution in [0.5, 0.6) is 11.5 Å². The highest BCUT2D eigenvalue weighted by molar-refractivity contribution is 7.99. The molecule has 4 aromatic rings. The van der Waals surface area contributed by atoms with Gasteiger partial charge in [-0.2, -0.15) is 0 Å². The fraction of sp³-hybridized carbons (Fsp3) is 0.192. The number of hydrogen-bond acceptors (Lipinski definition) is 6. The number of methoxy groups -OCH3 is 1. The van der Waals surface area contributed by atoms with Gasteiger partial charge in [0.05, 0.1) is 25.2 Å². The first-order chi connectivity index (χ1) is 16.7. The maximum Gasteiger partial charge on any atom is 0.234 e. The van der Waals surface area contributed by atoms with E-state index >= 15 is 0 Å². The fourth-order valence-electron chi connectivity index (χ4n) is 3.47. The molecular formula is C26H26N4O3S. The molecule has 34 heavy (non-hydrogen) atoms. The monoisotopic (exact) mass is 474 g/mol. The zero-order chi connectivity index (χ0) is 23.8. The lowest BCUT2D eigenvalue weighted by Gasteiger charge is -2.12. The van der Waals surface area contributed by atoms with E-state index < -0.39 is 0 Å². The SMILES string of the molecule is CCOc1ccc(-n2c(Cc3ccccc3)nnc2SCC(=O)Nc2ccccc2OC)cc1. The molecule has 0 fully saturated rings. The van der Waals surface area contributed by atoms with E-state index in [1.54, 1.807) is 13.2 Å². The number of aromatic nitrogens is 3. The number of thioether (sulfide) groups is 1. The molecule has 3 aromatic carbocycles. The van der Waals surface area contributed by atoms with E-state index in [1.807, 2.05) is 72.2 Å². The van der Waals surface area contributed by atoms with Crippen LogP contribution in [0.3, 0.4) is 0 Å². The first-order valence-corrected chi connectivity index (χ1v) is 11.9. The van der Waals surface area contributed by atoms with Crippen molar-refractivity contribution in [3.05, 3.63) is 90.3 Å². The van der Waals surface area contributed by atoms with Crippen LogP contribution in [0.4, 0.5) is 5.69 Å². The Kier molecular flexibility index (Phi) is 7.83. The minimum Gasteiger partial charge on any atom is -0.495 e. The standard InChI is InChI=1S/C26H26N4O3S/c1-3-33-21-15-13-20(14-16-21)30-24(17-19-9-5-4-6-10-19)28-29-26(30)34-18-25(31)27-22-11-7-8-12-23(22)32-2/h4-16H,3,17-18H2,1-2H3,(H,27,31). The summed E-state index contributed by atoms with van der Waals surface area (Å²) in [6, 6.07) is 25.2. The summed E-state index contributed by atoms with van der Waals surface area (Å²) in [5.74, 6) is 2.24. The second-order valence-corrected chi connectivity index (χ2v) is 8.30. The molecule has 0 saturated carbocycles. The molecule has 8 heteroatoms. The average Bonchev–Trinajstić information content (AvgIpc) is 3.26. The number of para-hydroxylation sites is 2. The molecule has 1 heterocycles. The second-order valence-electron chi connectivity index (χ2n) is 7.36. The Labute approximate surface area is 203 Å². The van der Waals surface area contributed by atoms with Crippen molar-refractivity contribution < 1.29 is 14.3 Å². The highest BCUT2D eigenvalue weighted by Crippen LogP contribution is 2.27. The quantitative estimate of drug-likeness (QED) is 0.326. The number of amides is 1. The van der Waals surface area contributed by atoms with Crippen LogP contribution < -0.4 is 14.8 Å². The number of hydrogen-bond donors (Lipinski definition) is 1. The van der Waals surface area contributed by atoms with E-state index in [2.05, 4.69) is 27.6 Å². The molecule has 0 atom stereocenters. The summed E-state index contributed by atoms with van der Waals surface area (Å²) in [6.07, 6.45) is 0.620. The maximum absolute atomic E-state index is 12.7. The molecule has 0 aliphatic carbocycles. The number of carbonyl (C=O) groups is 1. The zero-order valence-corrected chi connectivity index (χ0v) is 19.9. The Hall–Kier alpha value is -3.78. The van der Waals surface area contributed by atoms with Gasteiger partial charge in [-0.3, -0.25) is 9.36 Å². The van der Waals surface area contributed by atoms with Crippen molar-refractivity contribution in [1.29, 1.82) is 0 Å². The minimum atomic E-state index is -0.152.